The van der Waals surface area contributed by atoms with E-state index in [1.54, 1.807) is 0 Å². The molecule has 2 fully saturated rings. The lowest BCUT2D eigenvalue weighted by Crippen LogP contribution is -2.35. The number of hydrogen-bond acceptors (Lipinski definition) is 3. The number of anilines is 1. The maximum absolute atomic E-state index is 6.26. The first-order chi connectivity index (χ1) is 9.43. The van der Waals surface area contributed by atoms with E-state index >= 15 is 0 Å². The van der Waals surface area contributed by atoms with E-state index in [0.717, 1.165) is 31.7 Å². The second-order valence-electron chi connectivity index (χ2n) is 5.58. The lowest BCUT2D eigenvalue weighted by atomic mass is 10.1. The van der Waals surface area contributed by atoms with Crippen LogP contribution in [0.15, 0.2) is 24.3 Å². The average molecular weight is 260 g/mol. The standard InChI is InChI=1S/C16H24N2O/c1-4-12-18(13-5-1)15-6-2-3-7-16(15)19-14-8-10-17-11-9-14/h2-3,6-7,14,17H,1,4-5,8-13H2. The Balaban J connectivity index is 1.72. The third-order valence-corrected chi connectivity index (χ3v) is 4.14. The van der Waals surface area contributed by atoms with Crippen LogP contribution in [0.2, 0.25) is 0 Å². The molecule has 0 aliphatic carbocycles. The Morgan fingerprint density at radius 1 is 1.00 bits per heavy atom. The Labute approximate surface area is 115 Å². The van der Waals surface area contributed by atoms with Gasteiger partial charge in [-0.15, -0.1) is 0 Å². The number of nitrogens with one attached hydrogen (secondary N) is 1. The summed E-state index contributed by atoms with van der Waals surface area (Å²) >= 11 is 0. The van der Waals surface area contributed by atoms with Crippen molar-refractivity contribution in [1.29, 1.82) is 0 Å². The van der Waals surface area contributed by atoms with E-state index < -0.39 is 0 Å². The van der Waals surface area contributed by atoms with Crippen LogP contribution in [0, 0.1) is 0 Å². The molecule has 2 saturated heterocycles. The number of benzene rings is 1. The van der Waals surface area contributed by atoms with Crippen LogP contribution < -0.4 is 15.0 Å². The number of rotatable bonds is 3. The van der Waals surface area contributed by atoms with Gasteiger partial charge in [-0.05, 0) is 57.3 Å². The van der Waals surface area contributed by atoms with Gasteiger partial charge in [0.05, 0.1) is 5.69 Å². The lowest BCUT2D eigenvalue weighted by Gasteiger charge is -2.32. The smallest absolute Gasteiger partial charge is 0.143 e. The van der Waals surface area contributed by atoms with E-state index in [4.69, 9.17) is 4.74 Å². The van der Waals surface area contributed by atoms with Crippen LogP contribution in [0.5, 0.6) is 5.75 Å². The summed E-state index contributed by atoms with van der Waals surface area (Å²) in [7, 11) is 0. The molecule has 0 bridgehead atoms. The Morgan fingerprint density at radius 2 is 1.74 bits per heavy atom. The van der Waals surface area contributed by atoms with Gasteiger partial charge in [0.2, 0.25) is 0 Å². The minimum Gasteiger partial charge on any atom is -0.488 e. The molecule has 1 aromatic rings. The normalized spacial score (nSPS) is 21.4. The molecule has 1 aromatic carbocycles. The summed E-state index contributed by atoms with van der Waals surface area (Å²) in [5.74, 6) is 1.08. The minimum absolute atomic E-state index is 0.382. The molecule has 19 heavy (non-hydrogen) atoms. The zero-order valence-corrected chi connectivity index (χ0v) is 11.6. The molecular formula is C16H24N2O. The molecule has 0 saturated carbocycles. The molecule has 1 N–H and O–H groups in total. The summed E-state index contributed by atoms with van der Waals surface area (Å²) in [6.45, 7) is 4.51. The Morgan fingerprint density at radius 3 is 2.53 bits per heavy atom. The van der Waals surface area contributed by atoms with Gasteiger partial charge in [0.1, 0.15) is 11.9 Å². The second-order valence-corrected chi connectivity index (χ2v) is 5.58. The van der Waals surface area contributed by atoms with Crippen molar-refractivity contribution in [2.75, 3.05) is 31.1 Å². The molecular weight excluding hydrogens is 236 g/mol. The van der Waals surface area contributed by atoms with Gasteiger partial charge in [-0.25, -0.2) is 0 Å². The van der Waals surface area contributed by atoms with Gasteiger partial charge in [-0.3, -0.25) is 0 Å². The quantitative estimate of drug-likeness (QED) is 0.904. The van der Waals surface area contributed by atoms with Gasteiger partial charge >= 0.3 is 0 Å². The van der Waals surface area contributed by atoms with Gasteiger partial charge in [-0.2, -0.15) is 0 Å². The summed E-state index contributed by atoms with van der Waals surface area (Å²) in [4.78, 5) is 2.49. The fourth-order valence-corrected chi connectivity index (χ4v) is 3.05. The summed E-state index contributed by atoms with van der Waals surface area (Å²) in [5, 5.41) is 3.39. The van der Waals surface area contributed by atoms with E-state index in [1.807, 2.05) is 0 Å². The van der Waals surface area contributed by atoms with Crippen LogP contribution in [-0.2, 0) is 0 Å². The SMILES string of the molecule is c1ccc(N2CCCCC2)c(OC2CCNCC2)c1. The predicted octanol–water partition coefficient (Wildman–Crippen LogP) is 2.81. The minimum atomic E-state index is 0.382. The number of hydrogen-bond donors (Lipinski definition) is 1. The van der Waals surface area contributed by atoms with Crippen LogP contribution in [0.3, 0.4) is 0 Å². The first-order valence-electron chi connectivity index (χ1n) is 7.65. The second kappa shape index (κ2) is 6.29. The third kappa shape index (κ3) is 3.21. The molecule has 3 heteroatoms. The molecule has 104 valence electrons. The number of ether oxygens (including phenoxy) is 1. The molecule has 3 rings (SSSR count). The lowest BCUT2D eigenvalue weighted by molar-refractivity contribution is 0.163. The van der Waals surface area contributed by atoms with Crippen molar-refractivity contribution in [1.82, 2.24) is 5.32 Å². The van der Waals surface area contributed by atoms with Crippen molar-refractivity contribution >= 4 is 5.69 Å². The first kappa shape index (κ1) is 12.8. The summed E-state index contributed by atoms with van der Waals surface area (Å²) in [6.07, 6.45) is 6.60. The highest BCUT2D eigenvalue weighted by Crippen LogP contribution is 2.31. The van der Waals surface area contributed by atoms with Crippen LogP contribution in [-0.4, -0.2) is 32.3 Å². The monoisotopic (exact) mass is 260 g/mol. The van der Waals surface area contributed by atoms with Crippen LogP contribution >= 0.6 is 0 Å². The van der Waals surface area contributed by atoms with Gasteiger partial charge in [-0.1, -0.05) is 12.1 Å². The molecule has 2 aliphatic rings. The summed E-state index contributed by atoms with van der Waals surface area (Å²) < 4.78 is 6.26. The zero-order valence-electron chi connectivity index (χ0n) is 11.6. The van der Waals surface area contributed by atoms with E-state index in [1.165, 1.54) is 38.0 Å². The Hall–Kier alpha value is -1.22. The highest BCUT2D eigenvalue weighted by atomic mass is 16.5. The van der Waals surface area contributed by atoms with Crippen LogP contribution in [0.25, 0.3) is 0 Å². The van der Waals surface area contributed by atoms with Gasteiger partial charge in [0, 0.05) is 13.1 Å². The van der Waals surface area contributed by atoms with Gasteiger partial charge in [0.25, 0.3) is 0 Å². The van der Waals surface area contributed by atoms with Crippen molar-refractivity contribution < 1.29 is 4.74 Å². The summed E-state index contributed by atoms with van der Waals surface area (Å²) in [5.41, 5.74) is 1.29. The Kier molecular flexibility index (Phi) is 4.23. The third-order valence-electron chi connectivity index (χ3n) is 4.14. The van der Waals surface area contributed by atoms with Crippen molar-refractivity contribution in [2.24, 2.45) is 0 Å². The van der Waals surface area contributed by atoms with Gasteiger partial charge < -0.3 is 15.0 Å². The van der Waals surface area contributed by atoms with Crippen molar-refractivity contribution in [3.8, 4) is 5.75 Å². The van der Waals surface area contributed by atoms with Gasteiger partial charge in [0.15, 0.2) is 0 Å². The van der Waals surface area contributed by atoms with Crippen molar-refractivity contribution in [2.45, 2.75) is 38.2 Å². The van der Waals surface area contributed by atoms with Crippen molar-refractivity contribution in [3.63, 3.8) is 0 Å². The maximum atomic E-state index is 6.26. The molecule has 0 spiro atoms. The molecule has 0 radical (unpaired) electrons. The number of nitrogens with zero attached hydrogens (tertiary/aromatic N) is 1. The zero-order chi connectivity index (χ0) is 12.9. The molecule has 0 amide bonds. The van der Waals surface area contributed by atoms with E-state index in [0.29, 0.717) is 6.10 Å². The average Bonchev–Trinajstić information content (AvgIpc) is 2.50. The predicted molar refractivity (Wildman–Crippen MR) is 79.0 cm³/mol. The number of piperidine rings is 2. The highest BCUT2D eigenvalue weighted by molar-refractivity contribution is 5.58. The summed E-state index contributed by atoms with van der Waals surface area (Å²) in [6, 6.07) is 8.55. The molecule has 2 aliphatic heterocycles. The van der Waals surface area contributed by atoms with E-state index in [9.17, 15) is 0 Å². The first-order valence-corrected chi connectivity index (χ1v) is 7.65. The molecule has 2 heterocycles. The number of para-hydroxylation sites is 2. The fourth-order valence-electron chi connectivity index (χ4n) is 3.05. The molecule has 3 nitrogen and oxygen atoms in total. The molecule has 0 aromatic heterocycles. The maximum Gasteiger partial charge on any atom is 0.143 e. The van der Waals surface area contributed by atoms with Crippen LogP contribution in [0.1, 0.15) is 32.1 Å². The fraction of sp³-hybridized carbons (Fsp3) is 0.625. The van der Waals surface area contributed by atoms with Crippen molar-refractivity contribution in [3.05, 3.63) is 24.3 Å². The highest BCUT2D eigenvalue weighted by Gasteiger charge is 2.19. The largest absolute Gasteiger partial charge is 0.488 e. The molecule has 0 atom stereocenters. The van der Waals surface area contributed by atoms with E-state index in [-0.39, 0.29) is 0 Å². The topological polar surface area (TPSA) is 24.5 Å². The van der Waals surface area contributed by atoms with E-state index in [2.05, 4.69) is 34.5 Å². The Bertz CT molecular complexity index is 395. The van der Waals surface area contributed by atoms with Crippen LogP contribution in [0.4, 0.5) is 5.69 Å². The molecule has 0 unspecified atom stereocenters.